The molecule has 0 radical (unpaired) electrons. The van der Waals surface area contributed by atoms with Gasteiger partial charge in [0, 0.05) is 24.7 Å². The van der Waals surface area contributed by atoms with Gasteiger partial charge in [0.2, 0.25) is 0 Å². The van der Waals surface area contributed by atoms with E-state index in [1.807, 2.05) is 0 Å². The first-order valence-electron chi connectivity index (χ1n) is 8.51. The Morgan fingerprint density at radius 2 is 1.65 bits per heavy atom. The molecule has 0 bridgehead atoms. The summed E-state index contributed by atoms with van der Waals surface area (Å²) in [7, 11) is 0. The van der Waals surface area contributed by atoms with Crippen molar-refractivity contribution >= 4 is 16.6 Å². The summed E-state index contributed by atoms with van der Waals surface area (Å²) in [4.78, 5) is 2.43. The highest BCUT2D eigenvalue weighted by molar-refractivity contribution is 6.49. The first-order chi connectivity index (χ1) is 10.7. The normalized spacial score (nSPS) is 24.5. The van der Waals surface area contributed by atoms with Crippen LogP contribution >= 0.6 is 11.6 Å². The second-order valence-electron chi connectivity index (χ2n) is 7.87. The topological polar surface area (TPSA) is 12.5 Å². The van der Waals surface area contributed by atoms with Crippen LogP contribution in [0.25, 0.3) is 5.03 Å². The quantitative estimate of drug-likeness (QED) is 0.765. The van der Waals surface area contributed by atoms with Gasteiger partial charge in [-0.3, -0.25) is 4.90 Å². The third-order valence-corrected chi connectivity index (χ3v) is 4.88. The summed E-state index contributed by atoms with van der Waals surface area (Å²) in [6.07, 6.45) is 0.577. The second kappa shape index (κ2) is 7.38. The Labute approximate surface area is 146 Å². The van der Waals surface area contributed by atoms with E-state index in [-0.39, 0.29) is 17.6 Å². The summed E-state index contributed by atoms with van der Waals surface area (Å²) in [6.45, 7) is 15.9. The number of morpholine rings is 1. The minimum absolute atomic E-state index is 0.170. The average Bonchev–Trinajstić information content (AvgIpc) is 2.44. The van der Waals surface area contributed by atoms with Gasteiger partial charge in [0.25, 0.3) is 0 Å². The highest BCUT2D eigenvalue weighted by Crippen LogP contribution is 2.28. The van der Waals surface area contributed by atoms with Crippen molar-refractivity contribution in [1.82, 2.24) is 4.90 Å². The SMILES string of the molecule is C/C(CN1C[C@@H](C)O[C@@H](C)C1)=C(/Cl)c1ccc(C(C)(C)C)cc1. The van der Waals surface area contributed by atoms with Crippen molar-refractivity contribution < 1.29 is 4.74 Å². The number of halogens is 1. The van der Waals surface area contributed by atoms with Gasteiger partial charge in [-0.25, -0.2) is 0 Å². The lowest BCUT2D eigenvalue weighted by atomic mass is 9.86. The molecular weight excluding hydrogens is 306 g/mol. The maximum absolute atomic E-state index is 6.64. The van der Waals surface area contributed by atoms with Gasteiger partial charge in [0.05, 0.1) is 12.2 Å². The summed E-state index contributed by atoms with van der Waals surface area (Å²) in [5.74, 6) is 0. The first kappa shape index (κ1) is 18.5. The van der Waals surface area contributed by atoms with Gasteiger partial charge in [-0.05, 0) is 42.9 Å². The summed E-state index contributed by atoms with van der Waals surface area (Å²) >= 11 is 6.64. The molecule has 2 rings (SSSR count). The van der Waals surface area contributed by atoms with Crippen LogP contribution in [0, 0.1) is 0 Å². The number of ether oxygens (including phenoxy) is 1. The lowest BCUT2D eigenvalue weighted by Gasteiger charge is -2.35. The summed E-state index contributed by atoms with van der Waals surface area (Å²) in [5, 5.41) is 0.872. The fraction of sp³-hybridized carbons (Fsp3) is 0.600. The fourth-order valence-electron chi connectivity index (χ4n) is 3.18. The molecule has 0 spiro atoms. The molecule has 1 heterocycles. The van der Waals surface area contributed by atoms with Crippen LogP contribution in [0.5, 0.6) is 0 Å². The van der Waals surface area contributed by atoms with E-state index < -0.39 is 0 Å². The summed E-state index contributed by atoms with van der Waals surface area (Å²) in [5.41, 5.74) is 3.83. The molecule has 0 saturated carbocycles. The number of nitrogens with zero attached hydrogens (tertiary/aromatic N) is 1. The fourth-order valence-corrected chi connectivity index (χ4v) is 3.37. The van der Waals surface area contributed by atoms with Gasteiger partial charge in [-0.2, -0.15) is 0 Å². The molecule has 1 saturated heterocycles. The molecule has 1 fully saturated rings. The molecule has 3 heteroatoms. The van der Waals surface area contributed by atoms with Crippen LogP contribution < -0.4 is 0 Å². The molecular formula is C20H30ClNO. The molecule has 1 aliphatic rings. The van der Waals surface area contributed by atoms with E-state index in [1.165, 1.54) is 11.1 Å². The van der Waals surface area contributed by atoms with Crippen LogP contribution in [0.3, 0.4) is 0 Å². The van der Waals surface area contributed by atoms with Crippen LogP contribution in [0.2, 0.25) is 0 Å². The predicted octanol–water partition coefficient (Wildman–Crippen LogP) is 5.06. The van der Waals surface area contributed by atoms with Crippen molar-refractivity contribution in [3.63, 3.8) is 0 Å². The van der Waals surface area contributed by atoms with E-state index in [0.29, 0.717) is 0 Å². The van der Waals surface area contributed by atoms with Crippen LogP contribution in [0.15, 0.2) is 29.8 Å². The zero-order valence-corrected chi connectivity index (χ0v) is 16.1. The van der Waals surface area contributed by atoms with Crippen LogP contribution in [-0.4, -0.2) is 36.7 Å². The molecule has 1 aromatic carbocycles. The van der Waals surface area contributed by atoms with E-state index in [1.54, 1.807) is 0 Å². The van der Waals surface area contributed by atoms with Crippen molar-refractivity contribution in [2.75, 3.05) is 19.6 Å². The average molecular weight is 336 g/mol. The zero-order valence-electron chi connectivity index (χ0n) is 15.3. The van der Waals surface area contributed by atoms with Gasteiger partial charge >= 0.3 is 0 Å². The van der Waals surface area contributed by atoms with Gasteiger partial charge in [0.15, 0.2) is 0 Å². The molecule has 0 N–H and O–H groups in total. The molecule has 1 aliphatic heterocycles. The Balaban J connectivity index is 2.10. The van der Waals surface area contributed by atoms with Crippen LogP contribution in [0.1, 0.15) is 52.7 Å². The van der Waals surface area contributed by atoms with E-state index in [4.69, 9.17) is 16.3 Å². The smallest absolute Gasteiger partial charge is 0.0678 e. The Kier molecular flexibility index (Phi) is 5.94. The van der Waals surface area contributed by atoms with Crippen molar-refractivity contribution in [3.8, 4) is 0 Å². The minimum Gasteiger partial charge on any atom is -0.373 e. The summed E-state index contributed by atoms with van der Waals surface area (Å²) < 4.78 is 5.80. The van der Waals surface area contributed by atoms with Crippen molar-refractivity contribution in [3.05, 3.63) is 41.0 Å². The number of rotatable bonds is 3. The van der Waals surface area contributed by atoms with Gasteiger partial charge in [-0.15, -0.1) is 0 Å². The van der Waals surface area contributed by atoms with Crippen molar-refractivity contribution in [2.45, 2.75) is 59.2 Å². The third kappa shape index (κ3) is 5.07. The Morgan fingerprint density at radius 1 is 1.13 bits per heavy atom. The van der Waals surface area contributed by atoms with Crippen molar-refractivity contribution in [1.29, 1.82) is 0 Å². The zero-order chi connectivity index (χ0) is 17.2. The van der Waals surface area contributed by atoms with Crippen molar-refractivity contribution in [2.24, 2.45) is 0 Å². The Morgan fingerprint density at radius 3 is 2.13 bits per heavy atom. The number of benzene rings is 1. The lowest BCUT2D eigenvalue weighted by Crippen LogP contribution is -2.45. The maximum atomic E-state index is 6.64. The predicted molar refractivity (Wildman–Crippen MR) is 100 cm³/mol. The highest BCUT2D eigenvalue weighted by atomic mass is 35.5. The number of hydrogen-bond acceptors (Lipinski definition) is 2. The molecule has 2 nitrogen and oxygen atoms in total. The standard InChI is InChI=1S/C20H30ClNO/c1-14(11-22-12-15(2)23-16(3)13-22)19(21)17-7-9-18(10-8-17)20(4,5)6/h7-10,15-16H,11-13H2,1-6H3/b19-14-/t15-,16+. The van der Waals surface area contributed by atoms with Gasteiger partial charge in [0.1, 0.15) is 0 Å². The lowest BCUT2D eigenvalue weighted by molar-refractivity contribution is -0.0652. The maximum Gasteiger partial charge on any atom is 0.0678 e. The molecule has 0 unspecified atom stereocenters. The van der Waals surface area contributed by atoms with Gasteiger partial charge in [-0.1, -0.05) is 56.6 Å². The van der Waals surface area contributed by atoms with Gasteiger partial charge < -0.3 is 4.74 Å². The number of hydrogen-bond donors (Lipinski definition) is 0. The Bertz CT molecular complexity index is 546. The molecule has 1 aromatic rings. The summed E-state index contributed by atoms with van der Waals surface area (Å²) in [6, 6.07) is 8.64. The van der Waals surface area contributed by atoms with E-state index >= 15 is 0 Å². The molecule has 2 atom stereocenters. The van der Waals surface area contributed by atoms with Crippen LogP contribution in [0.4, 0.5) is 0 Å². The molecule has 0 aromatic heterocycles. The van der Waals surface area contributed by atoms with E-state index in [0.717, 1.165) is 30.2 Å². The second-order valence-corrected chi connectivity index (χ2v) is 8.25. The van der Waals surface area contributed by atoms with Crippen LogP contribution in [-0.2, 0) is 10.2 Å². The molecule has 23 heavy (non-hydrogen) atoms. The minimum atomic E-state index is 0.170. The largest absolute Gasteiger partial charge is 0.373 e. The van der Waals surface area contributed by atoms with E-state index in [9.17, 15) is 0 Å². The Hall–Kier alpha value is -0.830. The monoisotopic (exact) mass is 335 g/mol. The molecule has 0 amide bonds. The molecule has 128 valence electrons. The first-order valence-corrected chi connectivity index (χ1v) is 8.88. The van der Waals surface area contributed by atoms with E-state index in [2.05, 4.69) is 70.7 Å². The molecule has 0 aliphatic carbocycles. The third-order valence-electron chi connectivity index (χ3n) is 4.34. The highest BCUT2D eigenvalue weighted by Gasteiger charge is 2.22.